The average molecular weight is 342 g/mol. The first-order chi connectivity index (χ1) is 11.2. The van der Waals surface area contributed by atoms with Gasteiger partial charge >= 0.3 is 6.18 Å². The molecule has 0 aromatic heterocycles. The number of carbonyl (C=O) groups is 2. The normalized spacial score (nSPS) is 15.9. The van der Waals surface area contributed by atoms with Crippen LogP contribution in [-0.4, -0.2) is 18.4 Å². The van der Waals surface area contributed by atoms with Crippen LogP contribution in [0.2, 0.25) is 0 Å². The molecule has 0 bridgehead atoms. The van der Waals surface area contributed by atoms with Gasteiger partial charge in [-0.1, -0.05) is 26.0 Å². The Balaban J connectivity index is 2.06. The van der Waals surface area contributed by atoms with E-state index in [0.29, 0.717) is 25.3 Å². The maximum Gasteiger partial charge on any atom is 0.418 e. The van der Waals surface area contributed by atoms with Crippen LogP contribution >= 0.6 is 0 Å². The van der Waals surface area contributed by atoms with Crippen LogP contribution in [0.25, 0.3) is 0 Å². The summed E-state index contributed by atoms with van der Waals surface area (Å²) in [7, 11) is 0. The fourth-order valence-corrected chi connectivity index (χ4v) is 2.41. The Morgan fingerprint density at radius 3 is 2.33 bits per heavy atom. The van der Waals surface area contributed by atoms with Crippen molar-refractivity contribution in [3.63, 3.8) is 0 Å². The second-order valence-corrected chi connectivity index (χ2v) is 6.52. The third-order valence-electron chi connectivity index (χ3n) is 4.11. The van der Waals surface area contributed by atoms with Gasteiger partial charge in [-0.15, -0.1) is 0 Å². The van der Waals surface area contributed by atoms with Crippen LogP contribution in [0, 0.1) is 11.3 Å². The van der Waals surface area contributed by atoms with E-state index in [1.807, 2.05) is 13.8 Å². The lowest BCUT2D eigenvalue weighted by Gasteiger charge is -2.18. The van der Waals surface area contributed by atoms with Crippen molar-refractivity contribution in [3.05, 3.63) is 29.8 Å². The van der Waals surface area contributed by atoms with Crippen LogP contribution in [0.4, 0.5) is 18.9 Å². The van der Waals surface area contributed by atoms with Gasteiger partial charge < -0.3 is 10.6 Å². The maximum absolute atomic E-state index is 13.0. The number of hydrogen-bond acceptors (Lipinski definition) is 2. The molecule has 2 amide bonds. The molecule has 0 radical (unpaired) electrons. The summed E-state index contributed by atoms with van der Waals surface area (Å²) in [5.74, 6) is -0.681. The lowest BCUT2D eigenvalue weighted by atomic mass is 10.0. The number of alkyl halides is 3. The summed E-state index contributed by atoms with van der Waals surface area (Å²) in [5, 5.41) is 4.99. The summed E-state index contributed by atoms with van der Waals surface area (Å²) in [4.78, 5) is 24.6. The smallest absolute Gasteiger partial charge is 0.355 e. The fraction of sp³-hybridized carbons (Fsp3) is 0.529. The van der Waals surface area contributed by atoms with Crippen molar-refractivity contribution in [1.29, 1.82) is 0 Å². The molecule has 0 heterocycles. The SMILES string of the molecule is CC(C)CCNC(=O)C1(C(=O)Nc2ccccc2C(F)(F)F)CC1. The molecule has 2 rings (SSSR count). The number of hydrogen-bond donors (Lipinski definition) is 2. The molecule has 1 saturated carbocycles. The van der Waals surface area contributed by atoms with E-state index in [0.717, 1.165) is 12.5 Å². The highest BCUT2D eigenvalue weighted by molar-refractivity contribution is 6.13. The highest BCUT2D eigenvalue weighted by Gasteiger charge is 2.56. The van der Waals surface area contributed by atoms with Gasteiger partial charge in [0.15, 0.2) is 0 Å². The van der Waals surface area contributed by atoms with Crippen molar-refractivity contribution in [2.45, 2.75) is 39.3 Å². The topological polar surface area (TPSA) is 58.2 Å². The predicted octanol–water partition coefficient (Wildman–Crippen LogP) is 3.59. The van der Waals surface area contributed by atoms with E-state index in [9.17, 15) is 22.8 Å². The van der Waals surface area contributed by atoms with E-state index >= 15 is 0 Å². The quantitative estimate of drug-likeness (QED) is 0.776. The summed E-state index contributed by atoms with van der Waals surface area (Å²) in [5.41, 5.74) is -2.49. The molecule has 1 aliphatic carbocycles. The standard InChI is InChI=1S/C17H21F3N2O2/c1-11(2)7-10-21-14(23)16(8-9-16)15(24)22-13-6-4-3-5-12(13)17(18,19)20/h3-6,11H,7-10H2,1-2H3,(H,21,23)(H,22,24). The Labute approximate surface area is 138 Å². The lowest BCUT2D eigenvalue weighted by molar-refractivity contribution is -0.137. The van der Waals surface area contributed by atoms with Gasteiger partial charge in [0.1, 0.15) is 5.41 Å². The Morgan fingerprint density at radius 1 is 1.17 bits per heavy atom. The summed E-state index contributed by atoms with van der Waals surface area (Å²) < 4.78 is 38.9. The largest absolute Gasteiger partial charge is 0.418 e. The minimum Gasteiger partial charge on any atom is -0.355 e. The van der Waals surface area contributed by atoms with Crippen LogP contribution in [0.3, 0.4) is 0 Å². The molecule has 0 saturated heterocycles. The van der Waals surface area contributed by atoms with Crippen molar-refractivity contribution in [2.75, 3.05) is 11.9 Å². The molecule has 1 aliphatic rings. The Kier molecular flexibility index (Phi) is 5.20. The number of amides is 2. The summed E-state index contributed by atoms with van der Waals surface area (Å²) in [6.45, 7) is 4.48. The van der Waals surface area contributed by atoms with E-state index in [2.05, 4.69) is 10.6 Å². The molecule has 24 heavy (non-hydrogen) atoms. The van der Waals surface area contributed by atoms with Gasteiger partial charge in [-0.3, -0.25) is 9.59 Å². The zero-order valence-electron chi connectivity index (χ0n) is 13.7. The van der Waals surface area contributed by atoms with Crippen molar-refractivity contribution in [3.8, 4) is 0 Å². The number of nitrogens with one attached hydrogen (secondary N) is 2. The molecule has 132 valence electrons. The monoisotopic (exact) mass is 342 g/mol. The minimum atomic E-state index is -4.57. The Morgan fingerprint density at radius 2 is 1.79 bits per heavy atom. The van der Waals surface area contributed by atoms with Crippen LogP contribution in [0.1, 0.15) is 38.7 Å². The average Bonchev–Trinajstić information content (AvgIpc) is 3.28. The maximum atomic E-state index is 13.0. The van der Waals surface area contributed by atoms with Crippen molar-refractivity contribution >= 4 is 17.5 Å². The molecule has 0 unspecified atom stereocenters. The van der Waals surface area contributed by atoms with E-state index in [1.165, 1.54) is 18.2 Å². The molecule has 0 aliphatic heterocycles. The summed E-state index contributed by atoms with van der Waals surface area (Å²) in [6, 6.07) is 4.75. The molecule has 1 fully saturated rings. The molecule has 0 atom stereocenters. The number of para-hydroxylation sites is 1. The number of rotatable bonds is 6. The third kappa shape index (κ3) is 4.07. The van der Waals surface area contributed by atoms with Gasteiger partial charge in [-0.25, -0.2) is 0 Å². The second kappa shape index (κ2) is 6.83. The van der Waals surface area contributed by atoms with Gasteiger partial charge in [0, 0.05) is 6.54 Å². The summed E-state index contributed by atoms with van der Waals surface area (Å²) >= 11 is 0. The molecule has 1 aromatic carbocycles. The minimum absolute atomic E-state index is 0.323. The van der Waals surface area contributed by atoms with E-state index in [1.54, 1.807) is 0 Å². The van der Waals surface area contributed by atoms with Gasteiger partial charge in [-0.05, 0) is 37.3 Å². The van der Waals surface area contributed by atoms with Crippen LogP contribution in [0.15, 0.2) is 24.3 Å². The first-order valence-electron chi connectivity index (χ1n) is 7.93. The highest BCUT2D eigenvalue weighted by Crippen LogP contribution is 2.47. The number of halogens is 3. The number of carbonyl (C=O) groups excluding carboxylic acids is 2. The lowest BCUT2D eigenvalue weighted by Crippen LogP contribution is -2.40. The van der Waals surface area contributed by atoms with Gasteiger partial charge in [-0.2, -0.15) is 13.2 Å². The van der Waals surface area contributed by atoms with Crippen molar-refractivity contribution in [1.82, 2.24) is 5.32 Å². The van der Waals surface area contributed by atoms with Gasteiger partial charge in [0.05, 0.1) is 11.3 Å². The molecular weight excluding hydrogens is 321 g/mol. The molecule has 2 N–H and O–H groups in total. The summed E-state index contributed by atoms with van der Waals surface area (Å²) in [6.07, 6.45) is -3.10. The van der Waals surface area contributed by atoms with E-state index in [4.69, 9.17) is 0 Å². The van der Waals surface area contributed by atoms with E-state index < -0.39 is 29.0 Å². The molecule has 4 nitrogen and oxygen atoms in total. The second-order valence-electron chi connectivity index (χ2n) is 6.52. The molecule has 0 spiro atoms. The zero-order valence-corrected chi connectivity index (χ0v) is 13.7. The molecular formula is C17H21F3N2O2. The van der Waals surface area contributed by atoms with Gasteiger partial charge in [0.2, 0.25) is 11.8 Å². The van der Waals surface area contributed by atoms with Gasteiger partial charge in [0.25, 0.3) is 0 Å². The zero-order chi connectivity index (χ0) is 18.0. The van der Waals surface area contributed by atoms with Crippen LogP contribution in [0.5, 0.6) is 0 Å². The number of anilines is 1. The first-order valence-corrected chi connectivity index (χ1v) is 7.93. The predicted molar refractivity (Wildman–Crippen MR) is 84.2 cm³/mol. The van der Waals surface area contributed by atoms with Crippen molar-refractivity contribution < 1.29 is 22.8 Å². The number of benzene rings is 1. The Hall–Kier alpha value is -2.05. The Bertz CT molecular complexity index is 623. The van der Waals surface area contributed by atoms with Crippen LogP contribution in [-0.2, 0) is 15.8 Å². The third-order valence-corrected chi connectivity index (χ3v) is 4.11. The molecule has 7 heteroatoms. The fourth-order valence-electron chi connectivity index (χ4n) is 2.41. The van der Waals surface area contributed by atoms with Crippen molar-refractivity contribution in [2.24, 2.45) is 11.3 Å². The molecule has 1 aromatic rings. The van der Waals surface area contributed by atoms with Crippen LogP contribution < -0.4 is 10.6 Å². The first kappa shape index (κ1) is 18.3. The highest BCUT2D eigenvalue weighted by atomic mass is 19.4. The van der Waals surface area contributed by atoms with E-state index in [-0.39, 0.29) is 5.69 Å².